The Kier molecular flexibility index (Phi) is 2.78. The molecule has 102 valence electrons. The Morgan fingerprint density at radius 2 is 1.90 bits per heavy atom. The molecule has 0 unspecified atom stereocenters. The lowest BCUT2D eigenvalue weighted by atomic mass is 9.86. The summed E-state index contributed by atoms with van der Waals surface area (Å²) < 4.78 is 0. The van der Waals surface area contributed by atoms with Crippen LogP contribution in [0, 0.1) is 0 Å². The van der Waals surface area contributed by atoms with Gasteiger partial charge in [-0.25, -0.2) is 0 Å². The first-order chi connectivity index (χ1) is 9.45. The van der Waals surface area contributed by atoms with Crippen molar-refractivity contribution in [1.82, 2.24) is 9.97 Å². The van der Waals surface area contributed by atoms with E-state index in [1.807, 2.05) is 6.07 Å². The summed E-state index contributed by atoms with van der Waals surface area (Å²) in [5.74, 6) is 0.190. The van der Waals surface area contributed by atoms with E-state index in [-0.39, 0.29) is 11.2 Å². The zero-order valence-corrected chi connectivity index (χ0v) is 11.9. The van der Waals surface area contributed by atoms with Gasteiger partial charge in [-0.3, -0.25) is 4.98 Å². The fourth-order valence-corrected chi connectivity index (χ4v) is 2.36. The number of nitrogens with zero attached hydrogens (tertiary/aromatic N) is 1. The smallest absolute Gasteiger partial charge is 0.143 e. The molecular weight excluding hydrogens is 248 g/mol. The fraction of sp³-hybridized carbons (Fsp3) is 0.235. The molecule has 0 saturated carbocycles. The summed E-state index contributed by atoms with van der Waals surface area (Å²) in [4.78, 5) is 7.25. The molecule has 0 saturated heterocycles. The Morgan fingerprint density at radius 1 is 1.10 bits per heavy atom. The van der Waals surface area contributed by atoms with Gasteiger partial charge in [-0.1, -0.05) is 26.8 Å². The van der Waals surface area contributed by atoms with Gasteiger partial charge in [0, 0.05) is 22.7 Å². The third-order valence-electron chi connectivity index (χ3n) is 3.58. The van der Waals surface area contributed by atoms with Gasteiger partial charge in [0.15, 0.2) is 0 Å². The van der Waals surface area contributed by atoms with Gasteiger partial charge >= 0.3 is 0 Å². The quantitative estimate of drug-likeness (QED) is 0.692. The van der Waals surface area contributed by atoms with Gasteiger partial charge in [0.25, 0.3) is 0 Å². The summed E-state index contributed by atoms with van der Waals surface area (Å²) in [7, 11) is 0. The van der Waals surface area contributed by atoms with Crippen molar-refractivity contribution in [3.05, 3.63) is 48.3 Å². The number of hydrogen-bond acceptors (Lipinski definition) is 2. The van der Waals surface area contributed by atoms with Gasteiger partial charge in [-0.05, 0) is 35.2 Å². The molecule has 1 aromatic carbocycles. The highest BCUT2D eigenvalue weighted by molar-refractivity contribution is 5.87. The van der Waals surface area contributed by atoms with Crippen molar-refractivity contribution >= 4 is 10.9 Å². The van der Waals surface area contributed by atoms with Gasteiger partial charge in [0.1, 0.15) is 5.75 Å². The molecule has 2 aromatic heterocycles. The molecule has 3 nitrogen and oxygen atoms in total. The summed E-state index contributed by atoms with van der Waals surface area (Å²) in [5.41, 5.74) is 4.18. The molecule has 0 aliphatic rings. The SMILES string of the molecule is CC(C)(C)c1ccc2[nH]c(-c3ccncc3O)cc2c1. The standard InChI is InChI=1S/C17H18N2O/c1-17(2,3)12-4-5-14-11(8-12)9-15(19-14)13-6-7-18-10-16(13)20/h4-10,19-20H,1-3H3. The molecular formula is C17H18N2O. The van der Waals surface area contributed by atoms with Crippen LogP contribution in [0.4, 0.5) is 0 Å². The number of aromatic nitrogens is 2. The highest BCUT2D eigenvalue weighted by Gasteiger charge is 2.15. The van der Waals surface area contributed by atoms with Crippen LogP contribution in [-0.4, -0.2) is 15.1 Å². The van der Waals surface area contributed by atoms with Crippen LogP contribution in [0.25, 0.3) is 22.2 Å². The van der Waals surface area contributed by atoms with E-state index < -0.39 is 0 Å². The molecule has 2 N–H and O–H groups in total. The van der Waals surface area contributed by atoms with Crippen LogP contribution in [0.15, 0.2) is 42.7 Å². The van der Waals surface area contributed by atoms with Crippen LogP contribution < -0.4 is 0 Å². The lowest BCUT2D eigenvalue weighted by Crippen LogP contribution is -2.10. The number of fused-ring (bicyclic) bond motifs is 1. The molecule has 0 spiro atoms. The predicted molar refractivity (Wildman–Crippen MR) is 81.9 cm³/mol. The average Bonchev–Trinajstić information content (AvgIpc) is 2.80. The molecule has 0 aliphatic carbocycles. The van der Waals surface area contributed by atoms with E-state index in [2.05, 4.69) is 55.0 Å². The zero-order valence-electron chi connectivity index (χ0n) is 11.9. The van der Waals surface area contributed by atoms with Gasteiger partial charge in [-0.15, -0.1) is 0 Å². The number of rotatable bonds is 1. The number of aromatic amines is 1. The molecule has 3 rings (SSSR count). The first-order valence-corrected chi connectivity index (χ1v) is 6.72. The Morgan fingerprint density at radius 3 is 2.60 bits per heavy atom. The van der Waals surface area contributed by atoms with Gasteiger partial charge < -0.3 is 10.1 Å². The fourth-order valence-electron chi connectivity index (χ4n) is 2.36. The number of hydrogen-bond donors (Lipinski definition) is 2. The first kappa shape index (κ1) is 12.7. The minimum Gasteiger partial charge on any atom is -0.506 e. The van der Waals surface area contributed by atoms with E-state index in [0.717, 1.165) is 22.2 Å². The number of benzene rings is 1. The predicted octanol–water partition coefficient (Wildman–Crippen LogP) is 4.23. The topological polar surface area (TPSA) is 48.9 Å². The van der Waals surface area contributed by atoms with Crippen molar-refractivity contribution in [1.29, 1.82) is 0 Å². The van der Waals surface area contributed by atoms with Crippen molar-refractivity contribution in [2.24, 2.45) is 0 Å². The summed E-state index contributed by atoms with van der Waals surface area (Å²) >= 11 is 0. The van der Waals surface area contributed by atoms with Crippen LogP contribution in [0.5, 0.6) is 5.75 Å². The number of aromatic hydroxyl groups is 1. The van der Waals surface area contributed by atoms with Crippen LogP contribution >= 0.6 is 0 Å². The van der Waals surface area contributed by atoms with Gasteiger partial charge in [0.2, 0.25) is 0 Å². The van der Waals surface area contributed by atoms with Gasteiger partial charge in [0.05, 0.1) is 11.9 Å². The normalized spacial score (nSPS) is 11.9. The molecule has 0 bridgehead atoms. The van der Waals surface area contributed by atoms with Crippen molar-refractivity contribution < 1.29 is 5.11 Å². The molecule has 2 heterocycles. The summed E-state index contributed by atoms with van der Waals surface area (Å²) in [6.07, 6.45) is 3.14. The van der Waals surface area contributed by atoms with Crippen molar-refractivity contribution in [3.63, 3.8) is 0 Å². The molecule has 0 atom stereocenters. The summed E-state index contributed by atoms with van der Waals surface area (Å²) in [5, 5.41) is 11.0. The van der Waals surface area contributed by atoms with Crippen LogP contribution in [-0.2, 0) is 5.41 Å². The lowest BCUT2D eigenvalue weighted by molar-refractivity contribution is 0.474. The summed E-state index contributed by atoms with van der Waals surface area (Å²) in [6.45, 7) is 6.61. The maximum atomic E-state index is 9.89. The van der Waals surface area contributed by atoms with Crippen LogP contribution in [0.3, 0.4) is 0 Å². The summed E-state index contributed by atoms with van der Waals surface area (Å²) in [6, 6.07) is 10.3. The van der Waals surface area contributed by atoms with Crippen molar-refractivity contribution in [2.45, 2.75) is 26.2 Å². The highest BCUT2D eigenvalue weighted by atomic mass is 16.3. The minimum atomic E-state index is 0.129. The third kappa shape index (κ3) is 2.16. The van der Waals surface area contributed by atoms with Crippen LogP contribution in [0.2, 0.25) is 0 Å². The van der Waals surface area contributed by atoms with Crippen molar-refractivity contribution in [2.75, 3.05) is 0 Å². The minimum absolute atomic E-state index is 0.129. The Bertz CT molecular complexity index is 766. The Labute approximate surface area is 118 Å². The van der Waals surface area contributed by atoms with E-state index in [1.165, 1.54) is 11.8 Å². The monoisotopic (exact) mass is 266 g/mol. The number of pyridine rings is 1. The second-order valence-corrected chi connectivity index (χ2v) is 6.13. The van der Waals surface area contributed by atoms with E-state index in [4.69, 9.17) is 0 Å². The van der Waals surface area contributed by atoms with E-state index in [9.17, 15) is 5.11 Å². The first-order valence-electron chi connectivity index (χ1n) is 6.72. The third-order valence-corrected chi connectivity index (χ3v) is 3.58. The zero-order chi connectivity index (χ0) is 14.3. The Hall–Kier alpha value is -2.29. The molecule has 0 radical (unpaired) electrons. The highest BCUT2D eigenvalue weighted by Crippen LogP contribution is 2.32. The largest absolute Gasteiger partial charge is 0.506 e. The van der Waals surface area contributed by atoms with E-state index >= 15 is 0 Å². The molecule has 0 aliphatic heterocycles. The molecule has 0 amide bonds. The second-order valence-electron chi connectivity index (χ2n) is 6.13. The van der Waals surface area contributed by atoms with E-state index in [1.54, 1.807) is 6.20 Å². The Balaban J connectivity index is 2.14. The number of nitrogens with one attached hydrogen (secondary N) is 1. The maximum Gasteiger partial charge on any atom is 0.143 e. The van der Waals surface area contributed by atoms with E-state index in [0.29, 0.717) is 0 Å². The molecule has 3 aromatic rings. The van der Waals surface area contributed by atoms with Crippen molar-refractivity contribution in [3.8, 4) is 17.0 Å². The van der Waals surface area contributed by atoms with Gasteiger partial charge in [-0.2, -0.15) is 0 Å². The molecule has 20 heavy (non-hydrogen) atoms. The number of H-pyrrole nitrogens is 1. The lowest BCUT2D eigenvalue weighted by Gasteiger charge is -2.18. The molecule has 0 fully saturated rings. The van der Waals surface area contributed by atoms with Crippen LogP contribution in [0.1, 0.15) is 26.3 Å². The average molecular weight is 266 g/mol. The molecule has 3 heteroatoms. The second kappa shape index (κ2) is 4.37. The maximum absolute atomic E-state index is 9.89.